The summed E-state index contributed by atoms with van der Waals surface area (Å²) in [4.78, 5) is 64.0. The van der Waals surface area contributed by atoms with Gasteiger partial charge in [0.25, 0.3) is 5.91 Å². The van der Waals surface area contributed by atoms with Crippen molar-refractivity contribution in [3.8, 4) is 0 Å². The van der Waals surface area contributed by atoms with Crippen LogP contribution in [0.4, 0.5) is 17.6 Å². The van der Waals surface area contributed by atoms with Gasteiger partial charge < -0.3 is 44.3 Å². The summed E-state index contributed by atoms with van der Waals surface area (Å²) in [6.07, 6.45) is 1.56. The molecule has 0 radical (unpaired) electrons. The van der Waals surface area contributed by atoms with Gasteiger partial charge in [-0.25, -0.2) is 0 Å². The van der Waals surface area contributed by atoms with Crippen molar-refractivity contribution >= 4 is 89.4 Å². The molecule has 0 aliphatic carbocycles. The molecule has 1 unspecified atom stereocenters. The minimum atomic E-state index is -4.10. The number of benzene rings is 1. The van der Waals surface area contributed by atoms with Crippen molar-refractivity contribution < 1.29 is 47.7 Å². The van der Waals surface area contributed by atoms with Crippen LogP contribution < -0.4 is 20.9 Å². The third-order valence-electron chi connectivity index (χ3n) is 7.51. The van der Waals surface area contributed by atoms with Crippen LogP contribution in [0.25, 0.3) is 0 Å². The van der Waals surface area contributed by atoms with Crippen LogP contribution >= 0.6 is 54.0 Å². The first kappa shape index (κ1) is 53.7. The lowest BCUT2D eigenvalue weighted by Gasteiger charge is -2.29. The topological polar surface area (TPSA) is 242 Å². The minimum absolute atomic E-state index is 0.0371. The van der Waals surface area contributed by atoms with Gasteiger partial charge in [-0.1, -0.05) is 48.3 Å². The van der Waals surface area contributed by atoms with Gasteiger partial charge in [-0.15, -0.1) is 11.6 Å². The second kappa shape index (κ2) is 26.8. The predicted octanol–water partition coefficient (Wildman–Crippen LogP) is 6.42. The summed E-state index contributed by atoms with van der Waals surface area (Å²) in [6.45, 7) is 17.1. The number of anilines is 3. The highest BCUT2D eigenvalue weighted by atomic mass is 35.5. The molecule has 18 nitrogen and oxygen atoms in total. The van der Waals surface area contributed by atoms with Crippen LogP contribution in [0.3, 0.4) is 0 Å². The number of carbonyl (C=O) groups excluding carboxylic acids is 2. The molecule has 2 aromatic heterocycles. The smallest absolute Gasteiger partial charge is 0.339 e. The van der Waals surface area contributed by atoms with Crippen LogP contribution in [0.1, 0.15) is 71.5 Å². The number of halogens is 4. The van der Waals surface area contributed by atoms with Crippen molar-refractivity contribution in [3.63, 3.8) is 0 Å². The summed E-state index contributed by atoms with van der Waals surface area (Å²) in [6, 6.07) is 9.89. The number of amides is 2. The number of nitrogens with zero attached hydrogens (tertiary/aromatic N) is 5. The summed E-state index contributed by atoms with van der Waals surface area (Å²) in [5.41, 5.74) is 2.39. The Morgan fingerprint density at radius 3 is 2.25 bits per heavy atom. The van der Waals surface area contributed by atoms with Crippen molar-refractivity contribution in [3.05, 3.63) is 58.8 Å². The first-order valence-corrected chi connectivity index (χ1v) is 21.9. The Morgan fingerprint density at radius 1 is 1.08 bits per heavy atom. The Labute approximate surface area is 364 Å². The molecule has 1 saturated heterocycles. The molecule has 59 heavy (non-hydrogen) atoms. The molecule has 6 N–H and O–H groups in total. The Balaban J connectivity index is 0.000000402. The summed E-state index contributed by atoms with van der Waals surface area (Å²) < 4.78 is 26.5. The van der Waals surface area contributed by atoms with E-state index in [0.717, 1.165) is 29.8 Å². The SMILES string of the molecule is CC1(C)OC(c2ccco2)CN1C(=O)C(Cl)Cl.CCNc1nc(Cl)nc(NC(C)C)n1.CCOCN(C(=O)CCl)c1c(C)cccc1CC.O=C(O)CNCP(=O)(O)O. The maximum absolute atomic E-state index is 12.0. The molecule has 0 bridgehead atoms. The highest BCUT2D eigenvalue weighted by Crippen LogP contribution is 2.37. The summed E-state index contributed by atoms with van der Waals surface area (Å²) >= 11 is 22.6. The molecule has 23 heteroatoms. The molecule has 3 aromatic rings. The van der Waals surface area contributed by atoms with Crippen LogP contribution in [0.5, 0.6) is 0 Å². The third-order valence-corrected chi connectivity index (χ3v) is 8.92. The summed E-state index contributed by atoms with van der Waals surface area (Å²) in [5, 5.41) is 16.3. The largest absolute Gasteiger partial charge is 0.480 e. The predicted molar refractivity (Wildman–Crippen MR) is 229 cm³/mol. The van der Waals surface area contributed by atoms with Crippen LogP contribution in [-0.2, 0) is 34.8 Å². The number of aliphatic carboxylic acids is 1. The van der Waals surface area contributed by atoms with Crippen LogP contribution in [0.15, 0.2) is 41.0 Å². The summed E-state index contributed by atoms with van der Waals surface area (Å²) in [7, 11) is -4.10. The fourth-order valence-corrected chi connectivity index (χ4v) is 6.00. The number of aromatic nitrogens is 3. The van der Waals surface area contributed by atoms with E-state index in [1.54, 1.807) is 31.1 Å². The molecule has 4 rings (SSSR count). The molecule has 1 atom stereocenters. The van der Waals surface area contributed by atoms with E-state index in [2.05, 4.69) is 37.8 Å². The quantitative estimate of drug-likeness (QED) is 0.0516. The van der Waals surface area contributed by atoms with Crippen molar-refractivity contribution in [2.45, 2.75) is 84.5 Å². The number of aryl methyl sites for hydroxylation is 2. The Hall–Kier alpha value is -3.29. The maximum atomic E-state index is 12.0. The molecule has 1 aliphatic rings. The van der Waals surface area contributed by atoms with Crippen molar-refractivity contribution in [1.82, 2.24) is 25.2 Å². The number of para-hydroxylation sites is 1. The van der Waals surface area contributed by atoms with Gasteiger partial charge in [-0.2, -0.15) is 15.0 Å². The number of alkyl halides is 3. The Bertz CT molecular complexity index is 1790. The second-order valence-electron chi connectivity index (χ2n) is 13.1. The molecule has 1 aromatic carbocycles. The highest BCUT2D eigenvalue weighted by Gasteiger charge is 2.45. The lowest BCUT2D eigenvalue weighted by atomic mass is 10.0. The van der Waals surface area contributed by atoms with Crippen molar-refractivity contribution in [2.24, 2.45) is 0 Å². The average molecular weight is 933 g/mol. The second-order valence-corrected chi connectivity index (χ2v) is 16.4. The van der Waals surface area contributed by atoms with E-state index in [0.29, 0.717) is 30.8 Å². The zero-order valence-corrected chi connectivity index (χ0v) is 38.2. The van der Waals surface area contributed by atoms with Gasteiger partial charge in [-0.3, -0.25) is 29.2 Å². The van der Waals surface area contributed by atoms with Gasteiger partial charge in [0.2, 0.25) is 23.1 Å². The van der Waals surface area contributed by atoms with Crippen LogP contribution in [-0.4, -0.2) is 114 Å². The molecular formula is C36H55Cl4N8O10P. The van der Waals surface area contributed by atoms with Crippen LogP contribution in [0, 0.1) is 6.92 Å². The maximum Gasteiger partial charge on any atom is 0.339 e. The number of carboxylic acid groups (broad SMARTS) is 1. The van der Waals surface area contributed by atoms with Gasteiger partial charge in [-0.05, 0) is 89.7 Å². The number of hydrogen-bond acceptors (Lipinski definition) is 13. The number of nitrogens with one attached hydrogen (secondary N) is 3. The number of carbonyl (C=O) groups is 3. The monoisotopic (exact) mass is 930 g/mol. The van der Waals surface area contributed by atoms with Gasteiger partial charge >= 0.3 is 13.6 Å². The molecule has 332 valence electrons. The van der Waals surface area contributed by atoms with Gasteiger partial charge in [0.1, 0.15) is 30.2 Å². The fourth-order valence-electron chi connectivity index (χ4n) is 5.06. The minimum Gasteiger partial charge on any atom is -0.480 e. The molecule has 0 spiro atoms. The molecule has 1 aliphatic heterocycles. The third kappa shape index (κ3) is 20.2. The highest BCUT2D eigenvalue weighted by molar-refractivity contribution is 7.51. The zero-order valence-electron chi connectivity index (χ0n) is 34.2. The van der Waals surface area contributed by atoms with Gasteiger partial charge in [0.15, 0.2) is 4.84 Å². The van der Waals surface area contributed by atoms with Gasteiger partial charge in [0, 0.05) is 19.2 Å². The van der Waals surface area contributed by atoms with E-state index in [4.69, 9.17) is 75.2 Å². The Morgan fingerprint density at radius 2 is 1.75 bits per heavy atom. The number of ether oxygens (including phenoxy) is 2. The molecular weight excluding hydrogens is 877 g/mol. The number of hydrogen-bond donors (Lipinski definition) is 6. The van der Waals surface area contributed by atoms with Crippen LogP contribution in [0.2, 0.25) is 5.28 Å². The molecule has 3 heterocycles. The van der Waals surface area contributed by atoms with E-state index in [-0.39, 0.29) is 41.9 Å². The van der Waals surface area contributed by atoms with Crippen molar-refractivity contribution in [2.75, 3.05) is 60.7 Å². The van der Waals surface area contributed by atoms with E-state index in [1.807, 2.05) is 58.9 Å². The van der Waals surface area contributed by atoms with Gasteiger partial charge in [0.05, 0.1) is 31.3 Å². The van der Waals surface area contributed by atoms with Crippen molar-refractivity contribution in [1.29, 1.82) is 0 Å². The number of furan rings is 1. The normalized spacial score (nSPS) is 14.3. The fraction of sp³-hybridized carbons (Fsp3) is 0.556. The first-order chi connectivity index (χ1) is 27.6. The summed E-state index contributed by atoms with van der Waals surface area (Å²) in [5.74, 6) is 0.0144. The van der Waals surface area contributed by atoms with E-state index < -0.39 is 37.0 Å². The van der Waals surface area contributed by atoms with E-state index >= 15 is 0 Å². The lowest BCUT2D eigenvalue weighted by molar-refractivity contribution is -0.144. The molecule has 1 fully saturated rings. The standard InChI is InChI=1S/C14H20ClNO2.C11H13Cl2NO3.C8H14ClN5.C3H8NO5P/c1-4-12-8-6-7-11(3)14(12)16(10-18-5-2)13(17)9-15;1-11(2)14(10(15)9(12)13)6-8(17-11)7-4-3-5-16-7;1-4-10-7-12-6(9)13-8(14-7)11-5(2)3;5-3(6)1-4-2-10(7,8)9/h6-8H,4-5,9-10H2,1-3H3;3-5,8-9H,6H2,1-2H3;5H,4H2,1-3H3,(H2,10,11,12,13,14);4H,1-2H2,(H,5,6)(H2,7,8,9). The Kier molecular flexibility index (Phi) is 24.4. The molecule has 2 amide bonds. The number of rotatable bonds is 16. The number of carboxylic acids is 1. The van der Waals surface area contributed by atoms with E-state index in [9.17, 15) is 18.9 Å². The zero-order chi connectivity index (χ0) is 44.9. The lowest BCUT2D eigenvalue weighted by Crippen LogP contribution is -2.45. The molecule has 0 saturated carbocycles. The van der Waals surface area contributed by atoms with E-state index in [1.165, 1.54) is 4.90 Å². The average Bonchev–Trinajstić information content (AvgIpc) is 3.79. The first-order valence-electron chi connectivity index (χ1n) is 18.3.